The van der Waals surface area contributed by atoms with Crippen LogP contribution in [0.25, 0.3) is 0 Å². The maximum absolute atomic E-state index is 11.5. The highest BCUT2D eigenvalue weighted by Crippen LogP contribution is 2.03. The molecule has 2 heterocycles. The van der Waals surface area contributed by atoms with Crippen molar-refractivity contribution >= 4 is 41.9 Å². The number of aromatic nitrogens is 1. The molecule has 0 radical (unpaired) electrons. The van der Waals surface area contributed by atoms with Crippen LogP contribution < -0.4 is 10.6 Å². The quantitative estimate of drug-likeness (QED) is 0.301. The summed E-state index contributed by atoms with van der Waals surface area (Å²) in [5.74, 6) is 0.521. The minimum atomic E-state index is -0.334. The summed E-state index contributed by atoms with van der Waals surface area (Å²) in [4.78, 5) is 30.3. The lowest BCUT2D eigenvalue weighted by molar-refractivity contribution is -0.124. The first-order valence-corrected chi connectivity index (χ1v) is 7.13. The molecule has 1 aromatic heterocycles. The van der Waals surface area contributed by atoms with Gasteiger partial charge in [0.1, 0.15) is 0 Å². The fourth-order valence-corrected chi connectivity index (χ4v) is 2.32. The SMILES string of the molecule is CN=C(NCCN1C(=O)CNC1=O)N(C)Cc1cccn1C.I. The molecule has 128 valence electrons. The molecule has 0 spiro atoms. The Bertz CT molecular complexity index is 570. The van der Waals surface area contributed by atoms with Crippen LogP contribution in [-0.4, -0.2) is 66.0 Å². The molecule has 1 fully saturated rings. The van der Waals surface area contributed by atoms with E-state index in [2.05, 4.69) is 26.3 Å². The maximum atomic E-state index is 11.5. The van der Waals surface area contributed by atoms with Crippen molar-refractivity contribution in [2.75, 3.05) is 33.7 Å². The second-order valence-electron chi connectivity index (χ2n) is 5.14. The molecule has 0 saturated carbocycles. The number of aryl methyl sites for hydroxylation is 1. The van der Waals surface area contributed by atoms with Crippen molar-refractivity contribution in [1.82, 2.24) is 25.0 Å². The Morgan fingerprint density at radius 1 is 1.48 bits per heavy atom. The number of hydrogen-bond donors (Lipinski definition) is 2. The normalized spacial score (nSPS) is 14.6. The summed E-state index contributed by atoms with van der Waals surface area (Å²) in [5, 5.41) is 5.66. The topological polar surface area (TPSA) is 82.0 Å². The molecule has 1 aliphatic heterocycles. The third kappa shape index (κ3) is 4.85. The van der Waals surface area contributed by atoms with E-state index >= 15 is 0 Å². The van der Waals surface area contributed by atoms with E-state index in [-0.39, 0.29) is 42.5 Å². The zero-order valence-corrected chi connectivity index (χ0v) is 15.9. The first-order chi connectivity index (χ1) is 10.5. The molecule has 9 heteroatoms. The van der Waals surface area contributed by atoms with Gasteiger partial charge >= 0.3 is 6.03 Å². The van der Waals surface area contributed by atoms with E-state index in [0.29, 0.717) is 25.6 Å². The standard InChI is InChI=1S/C14H22N6O2.HI/c1-15-13(19(3)10-11-5-4-7-18(11)2)16-6-8-20-12(21)9-17-14(20)22;/h4-5,7H,6,8-10H2,1-3H3,(H,15,16)(H,17,22);1H. The van der Waals surface area contributed by atoms with Gasteiger partial charge in [-0.2, -0.15) is 0 Å². The predicted octanol–water partition coefficient (Wildman–Crippen LogP) is 0.202. The molecule has 0 aliphatic carbocycles. The Kier molecular flexibility index (Phi) is 7.33. The van der Waals surface area contributed by atoms with Crippen molar-refractivity contribution in [3.63, 3.8) is 0 Å². The van der Waals surface area contributed by atoms with E-state index in [1.54, 1.807) is 7.05 Å². The van der Waals surface area contributed by atoms with Crippen molar-refractivity contribution in [2.24, 2.45) is 12.0 Å². The lowest BCUT2D eigenvalue weighted by atomic mass is 10.4. The minimum Gasteiger partial charge on any atom is -0.354 e. The van der Waals surface area contributed by atoms with Crippen LogP contribution in [0.3, 0.4) is 0 Å². The largest absolute Gasteiger partial charge is 0.354 e. The van der Waals surface area contributed by atoms with E-state index in [0.717, 1.165) is 0 Å². The van der Waals surface area contributed by atoms with Crippen molar-refractivity contribution in [3.05, 3.63) is 24.0 Å². The van der Waals surface area contributed by atoms with Gasteiger partial charge in [0.05, 0.1) is 13.1 Å². The number of nitrogens with zero attached hydrogens (tertiary/aromatic N) is 4. The van der Waals surface area contributed by atoms with Gasteiger partial charge in [0.2, 0.25) is 5.91 Å². The lowest BCUT2D eigenvalue weighted by Crippen LogP contribution is -2.43. The number of hydrogen-bond acceptors (Lipinski definition) is 3. The summed E-state index contributed by atoms with van der Waals surface area (Å²) in [7, 11) is 5.64. The molecule has 23 heavy (non-hydrogen) atoms. The van der Waals surface area contributed by atoms with E-state index in [1.807, 2.05) is 31.3 Å². The van der Waals surface area contributed by atoms with Crippen LogP contribution in [0.1, 0.15) is 5.69 Å². The van der Waals surface area contributed by atoms with E-state index < -0.39 is 0 Å². The Morgan fingerprint density at radius 3 is 2.74 bits per heavy atom. The predicted molar refractivity (Wildman–Crippen MR) is 98.8 cm³/mol. The molecule has 3 amide bonds. The van der Waals surface area contributed by atoms with Crippen molar-refractivity contribution < 1.29 is 9.59 Å². The number of aliphatic imine (C=N–C) groups is 1. The van der Waals surface area contributed by atoms with Gasteiger partial charge in [-0.05, 0) is 12.1 Å². The van der Waals surface area contributed by atoms with Crippen LogP contribution in [0.2, 0.25) is 0 Å². The van der Waals surface area contributed by atoms with Crippen LogP contribution in [0.5, 0.6) is 0 Å². The Morgan fingerprint density at radius 2 is 2.22 bits per heavy atom. The Labute approximate surface area is 152 Å². The highest BCUT2D eigenvalue weighted by atomic mass is 127. The Balaban J connectivity index is 0.00000264. The molecule has 0 aromatic carbocycles. The first kappa shape index (κ1) is 19.3. The highest BCUT2D eigenvalue weighted by molar-refractivity contribution is 14.0. The summed E-state index contributed by atoms with van der Waals surface area (Å²) < 4.78 is 2.05. The van der Waals surface area contributed by atoms with Crippen molar-refractivity contribution in [1.29, 1.82) is 0 Å². The van der Waals surface area contributed by atoms with Gasteiger partial charge in [-0.15, -0.1) is 24.0 Å². The van der Waals surface area contributed by atoms with Gasteiger partial charge in [-0.3, -0.25) is 14.7 Å². The summed E-state index contributed by atoms with van der Waals surface area (Å²) in [6.07, 6.45) is 2.00. The van der Waals surface area contributed by atoms with Gasteiger partial charge in [-0.1, -0.05) is 0 Å². The maximum Gasteiger partial charge on any atom is 0.324 e. The highest BCUT2D eigenvalue weighted by Gasteiger charge is 2.27. The second-order valence-corrected chi connectivity index (χ2v) is 5.14. The number of guanidine groups is 1. The van der Waals surface area contributed by atoms with Crippen LogP contribution in [-0.2, 0) is 18.4 Å². The van der Waals surface area contributed by atoms with Crippen LogP contribution in [0.4, 0.5) is 4.79 Å². The first-order valence-electron chi connectivity index (χ1n) is 7.13. The van der Waals surface area contributed by atoms with Crippen LogP contribution in [0.15, 0.2) is 23.3 Å². The van der Waals surface area contributed by atoms with Crippen LogP contribution >= 0.6 is 24.0 Å². The van der Waals surface area contributed by atoms with E-state index in [1.165, 1.54) is 10.6 Å². The molecule has 0 bridgehead atoms. The number of rotatable bonds is 5. The zero-order chi connectivity index (χ0) is 16.1. The molecule has 1 aliphatic rings. The summed E-state index contributed by atoms with van der Waals surface area (Å²) in [6.45, 7) is 1.58. The number of amides is 3. The van der Waals surface area contributed by atoms with Gasteiger partial charge in [0, 0.05) is 46.1 Å². The minimum absolute atomic E-state index is 0. The fourth-order valence-electron chi connectivity index (χ4n) is 2.32. The van der Waals surface area contributed by atoms with Crippen molar-refractivity contribution in [3.8, 4) is 0 Å². The number of urea groups is 1. The number of nitrogens with one attached hydrogen (secondary N) is 2. The zero-order valence-electron chi connectivity index (χ0n) is 13.6. The van der Waals surface area contributed by atoms with E-state index in [4.69, 9.17) is 0 Å². The smallest absolute Gasteiger partial charge is 0.324 e. The molecular weight excluding hydrogens is 411 g/mol. The lowest BCUT2D eigenvalue weighted by Gasteiger charge is -2.23. The van der Waals surface area contributed by atoms with E-state index in [9.17, 15) is 9.59 Å². The molecule has 0 unspecified atom stereocenters. The molecule has 1 aromatic rings. The van der Waals surface area contributed by atoms with Crippen molar-refractivity contribution in [2.45, 2.75) is 6.54 Å². The number of halogens is 1. The molecule has 8 nitrogen and oxygen atoms in total. The molecule has 2 rings (SSSR count). The summed E-state index contributed by atoms with van der Waals surface area (Å²) in [6, 6.07) is 3.72. The van der Waals surface area contributed by atoms with Crippen LogP contribution in [0, 0.1) is 0 Å². The number of carbonyl (C=O) groups excluding carboxylic acids is 2. The average molecular weight is 434 g/mol. The Hall–Kier alpha value is -1.78. The third-order valence-electron chi connectivity index (χ3n) is 3.58. The molecule has 1 saturated heterocycles. The molecular formula is C14H23IN6O2. The van der Waals surface area contributed by atoms with Gasteiger partial charge in [-0.25, -0.2) is 4.79 Å². The average Bonchev–Trinajstić information content (AvgIpc) is 3.03. The number of imide groups is 1. The molecule has 0 atom stereocenters. The van der Waals surface area contributed by atoms with Gasteiger partial charge in [0.15, 0.2) is 5.96 Å². The van der Waals surface area contributed by atoms with Gasteiger partial charge < -0.3 is 20.1 Å². The number of carbonyl (C=O) groups is 2. The summed E-state index contributed by atoms with van der Waals surface area (Å²) >= 11 is 0. The molecule has 2 N–H and O–H groups in total. The van der Waals surface area contributed by atoms with Gasteiger partial charge in [0.25, 0.3) is 0 Å². The third-order valence-corrected chi connectivity index (χ3v) is 3.58. The summed E-state index contributed by atoms with van der Waals surface area (Å²) in [5.41, 5.74) is 1.17. The fraction of sp³-hybridized carbons (Fsp3) is 0.500. The second kappa shape index (κ2) is 8.75. The monoisotopic (exact) mass is 434 g/mol.